The number of thiocarbonyl (C=S) groups is 1. The third kappa shape index (κ3) is 3.70. The molecule has 0 radical (unpaired) electrons. The van der Waals surface area contributed by atoms with Crippen molar-refractivity contribution in [1.29, 1.82) is 0 Å². The minimum atomic E-state index is 0.560. The molecule has 1 aromatic heterocycles. The molecule has 0 saturated heterocycles. The molecule has 0 aromatic carbocycles. The van der Waals surface area contributed by atoms with Gasteiger partial charge in [0.05, 0.1) is 6.54 Å². The molecule has 1 aliphatic rings. The van der Waals surface area contributed by atoms with Crippen molar-refractivity contribution in [2.24, 2.45) is 7.05 Å². The van der Waals surface area contributed by atoms with E-state index in [1.807, 2.05) is 17.8 Å². The van der Waals surface area contributed by atoms with Crippen LogP contribution < -0.4 is 10.6 Å². The van der Waals surface area contributed by atoms with Gasteiger partial charge < -0.3 is 15.2 Å². The van der Waals surface area contributed by atoms with E-state index in [4.69, 9.17) is 12.2 Å². The van der Waals surface area contributed by atoms with E-state index in [1.54, 1.807) is 6.20 Å². The Morgan fingerprint density at radius 3 is 2.88 bits per heavy atom. The van der Waals surface area contributed by atoms with Crippen molar-refractivity contribution >= 4 is 17.3 Å². The zero-order valence-corrected chi connectivity index (χ0v) is 11.1. The summed E-state index contributed by atoms with van der Waals surface area (Å²) < 4.78 is 2.00. The van der Waals surface area contributed by atoms with Crippen LogP contribution in [0.2, 0.25) is 0 Å². The maximum absolute atomic E-state index is 5.29. The van der Waals surface area contributed by atoms with Crippen molar-refractivity contribution in [2.75, 3.05) is 0 Å². The van der Waals surface area contributed by atoms with E-state index in [9.17, 15) is 0 Å². The highest BCUT2D eigenvalue weighted by Crippen LogP contribution is 2.17. The van der Waals surface area contributed by atoms with Gasteiger partial charge in [0, 0.05) is 25.5 Å². The molecule has 5 heteroatoms. The Kier molecular flexibility index (Phi) is 4.36. The second kappa shape index (κ2) is 6.00. The molecular formula is C12H20N4S. The van der Waals surface area contributed by atoms with E-state index < -0.39 is 0 Å². The summed E-state index contributed by atoms with van der Waals surface area (Å²) in [4.78, 5) is 4.25. The van der Waals surface area contributed by atoms with Crippen LogP contribution in [-0.2, 0) is 13.6 Å². The summed E-state index contributed by atoms with van der Waals surface area (Å²) >= 11 is 5.29. The smallest absolute Gasteiger partial charge is 0.166 e. The summed E-state index contributed by atoms with van der Waals surface area (Å²) in [5.74, 6) is 0.998. The molecular weight excluding hydrogens is 232 g/mol. The summed E-state index contributed by atoms with van der Waals surface area (Å²) in [6.07, 6.45) is 10.2. The van der Waals surface area contributed by atoms with E-state index in [0.717, 1.165) is 10.9 Å². The van der Waals surface area contributed by atoms with Crippen LogP contribution in [-0.4, -0.2) is 20.7 Å². The summed E-state index contributed by atoms with van der Waals surface area (Å²) in [6, 6.07) is 0.560. The van der Waals surface area contributed by atoms with Gasteiger partial charge in [-0.05, 0) is 25.1 Å². The van der Waals surface area contributed by atoms with Crippen LogP contribution in [0.25, 0.3) is 0 Å². The van der Waals surface area contributed by atoms with Crippen molar-refractivity contribution in [3.8, 4) is 0 Å². The molecule has 2 rings (SSSR count). The van der Waals surface area contributed by atoms with E-state index in [2.05, 4.69) is 15.6 Å². The Hall–Kier alpha value is -1.10. The molecule has 1 aromatic rings. The normalized spacial score (nSPS) is 16.8. The largest absolute Gasteiger partial charge is 0.360 e. The minimum Gasteiger partial charge on any atom is -0.360 e. The predicted molar refractivity (Wildman–Crippen MR) is 72.7 cm³/mol. The lowest BCUT2D eigenvalue weighted by atomic mass is 9.96. The number of hydrogen-bond donors (Lipinski definition) is 2. The lowest BCUT2D eigenvalue weighted by molar-refractivity contribution is 0.412. The van der Waals surface area contributed by atoms with Gasteiger partial charge in [-0.25, -0.2) is 4.98 Å². The number of nitrogens with zero attached hydrogens (tertiary/aromatic N) is 2. The van der Waals surface area contributed by atoms with Crippen molar-refractivity contribution < 1.29 is 0 Å². The van der Waals surface area contributed by atoms with Gasteiger partial charge in [0.1, 0.15) is 5.82 Å². The SMILES string of the molecule is Cn1ccnc1CNC(=S)NC1CCCCC1. The molecule has 1 aliphatic carbocycles. The highest BCUT2D eigenvalue weighted by molar-refractivity contribution is 7.80. The summed E-state index contributed by atoms with van der Waals surface area (Å²) in [6.45, 7) is 0.683. The van der Waals surface area contributed by atoms with Gasteiger partial charge in [-0.1, -0.05) is 19.3 Å². The lowest BCUT2D eigenvalue weighted by Gasteiger charge is -2.24. The summed E-state index contributed by atoms with van der Waals surface area (Å²) in [7, 11) is 1.99. The van der Waals surface area contributed by atoms with E-state index in [-0.39, 0.29) is 0 Å². The number of aryl methyl sites for hydroxylation is 1. The average molecular weight is 252 g/mol. The van der Waals surface area contributed by atoms with Gasteiger partial charge in [-0.3, -0.25) is 0 Å². The van der Waals surface area contributed by atoms with Crippen LogP contribution in [0.15, 0.2) is 12.4 Å². The summed E-state index contributed by atoms with van der Waals surface area (Å²) in [5.41, 5.74) is 0. The van der Waals surface area contributed by atoms with Crippen LogP contribution >= 0.6 is 12.2 Å². The van der Waals surface area contributed by atoms with E-state index >= 15 is 0 Å². The third-order valence-electron chi connectivity index (χ3n) is 3.27. The molecule has 0 amide bonds. The summed E-state index contributed by atoms with van der Waals surface area (Å²) in [5, 5.41) is 7.34. The van der Waals surface area contributed by atoms with Crippen LogP contribution in [0.4, 0.5) is 0 Å². The van der Waals surface area contributed by atoms with Gasteiger partial charge in [0.25, 0.3) is 0 Å². The lowest BCUT2D eigenvalue weighted by Crippen LogP contribution is -2.42. The van der Waals surface area contributed by atoms with Gasteiger partial charge in [-0.2, -0.15) is 0 Å². The second-order valence-electron chi connectivity index (χ2n) is 4.62. The Balaban J connectivity index is 1.72. The highest BCUT2D eigenvalue weighted by Gasteiger charge is 2.13. The van der Waals surface area contributed by atoms with Gasteiger partial charge in [-0.15, -0.1) is 0 Å². The Morgan fingerprint density at radius 1 is 1.47 bits per heavy atom. The first-order valence-corrected chi connectivity index (χ1v) is 6.67. The van der Waals surface area contributed by atoms with Crippen LogP contribution in [0, 0.1) is 0 Å². The molecule has 2 N–H and O–H groups in total. The minimum absolute atomic E-state index is 0.560. The first kappa shape index (κ1) is 12.4. The molecule has 94 valence electrons. The molecule has 0 aliphatic heterocycles. The van der Waals surface area contributed by atoms with E-state index in [1.165, 1.54) is 32.1 Å². The number of imidazole rings is 1. The Morgan fingerprint density at radius 2 is 2.24 bits per heavy atom. The molecule has 0 unspecified atom stereocenters. The standard InChI is InChI=1S/C12H20N4S/c1-16-8-7-13-11(16)9-14-12(17)15-10-5-3-2-4-6-10/h7-8,10H,2-6,9H2,1H3,(H2,14,15,17). The number of hydrogen-bond acceptors (Lipinski definition) is 2. The van der Waals surface area contributed by atoms with Crippen molar-refractivity contribution in [3.63, 3.8) is 0 Å². The zero-order valence-electron chi connectivity index (χ0n) is 10.3. The van der Waals surface area contributed by atoms with Gasteiger partial charge in [0.15, 0.2) is 5.11 Å². The molecule has 1 saturated carbocycles. The van der Waals surface area contributed by atoms with Crippen molar-refractivity contribution in [3.05, 3.63) is 18.2 Å². The fourth-order valence-corrected chi connectivity index (χ4v) is 2.45. The monoisotopic (exact) mass is 252 g/mol. The van der Waals surface area contributed by atoms with Gasteiger partial charge >= 0.3 is 0 Å². The fraction of sp³-hybridized carbons (Fsp3) is 0.667. The topological polar surface area (TPSA) is 41.9 Å². The van der Waals surface area contributed by atoms with Crippen molar-refractivity contribution in [1.82, 2.24) is 20.2 Å². The molecule has 1 fully saturated rings. The van der Waals surface area contributed by atoms with E-state index in [0.29, 0.717) is 12.6 Å². The Bertz CT molecular complexity index is 368. The average Bonchev–Trinajstić information content (AvgIpc) is 2.74. The Labute approximate surface area is 108 Å². The number of aromatic nitrogens is 2. The maximum atomic E-state index is 5.29. The molecule has 17 heavy (non-hydrogen) atoms. The van der Waals surface area contributed by atoms with Gasteiger partial charge in [0.2, 0.25) is 0 Å². The molecule has 1 heterocycles. The zero-order chi connectivity index (χ0) is 12.1. The third-order valence-corrected chi connectivity index (χ3v) is 3.53. The maximum Gasteiger partial charge on any atom is 0.166 e. The molecule has 4 nitrogen and oxygen atoms in total. The molecule has 0 bridgehead atoms. The van der Waals surface area contributed by atoms with Crippen LogP contribution in [0.5, 0.6) is 0 Å². The highest BCUT2D eigenvalue weighted by atomic mass is 32.1. The number of rotatable bonds is 3. The first-order valence-electron chi connectivity index (χ1n) is 6.26. The number of nitrogens with one attached hydrogen (secondary N) is 2. The quantitative estimate of drug-likeness (QED) is 0.804. The predicted octanol–water partition coefficient (Wildman–Crippen LogP) is 1.72. The first-order chi connectivity index (χ1) is 8.25. The van der Waals surface area contributed by atoms with Crippen molar-refractivity contribution in [2.45, 2.75) is 44.7 Å². The van der Waals surface area contributed by atoms with Crippen LogP contribution in [0.1, 0.15) is 37.9 Å². The second-order valence-corrected chi connectivity index (χ2v) is 5.02. The van der Waals surface area contributed by atoms with Crippen LogP contribution in [0.3, 0.4) is 0 Å². The fourth-order valence-electron chi connectivity index (χ4n) is 2.21. The molecule has 0 spiro atoms. The molecule has 0 atom stereocenters.